The summed E-state index contributed by atoms with van der Waals surface area (Å²) < 4.78 is 0. The van der Waals surface area contributed by atoms with Gasteiger partial charge in [-0.05, 0) is 63.7 Å². The van der Waals surface area contributed by atoms with Gasteiger partial charge < -0.3 is 5.11 Å². The van der Waals surface area contributed by atoms with E-state index in [9.17, 15) is 5.11 Å². The molecule has 0 bridgehead atoms. The molecule has 0 radical (unpaired) electrons. The second-order valence-corrected chi connectivity index (χ2v) is 6.65. The van der Waals surface area contributed by atoms with Crippen LogP contribution in [-0.2, 0) is 6.42 Å². The van der Waals surface area contributed by atoms with E-state index < -0.39 is 0 Å². The molecule has 0 aromatic heterocycles. The van der Waals surface area contributed by atoms with Gasteiger partial charge in [-0.1, -0.05) is 37.6 Å². The van der Waals surface area contributed by atoms with Crippen molar-refractivity contribution in [2.75, 3.05) is 13.1 Å². The minimum absolute atomic E-state index is 0.0489. The monoisotopic (exact) mass is 289 g/mol. The van der Waals surface area contributed by atoms with Crippen molar-refractivity contribution in [2.24, 2.45) is 0 Å². The van der Waals surface area contributed by atoms with Crippen molar-refractivity contribution >= 4 is 0 Å². The van der Waals surface area contributed by atoms with Crippen molar-refractivity contribution in [1.82, 2.24) is 4.90 Å². The summed E-state index contributed by atoms with van der Waals surface area (Å²) in [6.45, 7) is 11.0. The molecular weight excluding hydrogens is 258 g/mol. The van der Waals surface area contributed by atoms with Gasteiger partial charge in [0.05, 0.1) is 6.10 Å². The highest BCUT2D eigenvalue weighted by Gasteiger charge is 2.41. The molecule has 2 nitrogen and oxygen atoms in total. The average Bonchev–Trinajstić information content (AvgIpc) is 2.99. The Balaban J connectivity index is 2.22. The van der Waals surface area contributed by atoms with E-state index in [0.717, 1.165) is 32.4 Å². The summed E-state index contributed by atoms with van der Waals surface area (Å²) in [5, 5.41) is 11.0. The third-order valence-electron chi connectivity index (χ3n) is 5.50. The molecule has 1 unspecified atom stereocenters. The molecule has 0 saturated carbocycles. The number of nitrogens with zero attached hydrogens (tertiary/aromatic N) is 1. The Labute approximate surface area is 130 Å². The maximum Gasteiger partial charge on any atom is 0.0763 e. The minimum Gasteiger partial charge on any atom is -0.391 e. The van der Waals surface area contributed by atoms with Crippen molar-refractivity contribution in [3.63, 3.8) is 0 Å². The summed E-state index contributed by atoms with van der Waals surface area (Å²) in [4.78, 5) is 2.54. The fraction of sp³-hybridized carbons (Fsp3) is 0.684. The molecule has 0 amide bonds. The molecule has 1 aromatic rings. The Kier molecular flexibility index (Phi) is 5.45. The quantitative estimate of drug-likeness (QED) is 0.859. The van der Waals surface area contributed by atoms with Crippen LogP contribution in [0.25, 0.3) is 0 Å². The molecule has 1 aromatic carbocycles. The van der Waals surface area contributed by atoms with E-state index in [4.69, 9.17) is 0 Å². The molecule has 1 aliphatic rings. The fourth-order valence-electron chi connectivity index (χ4n) is 3.96. The van der Waals surface area contributed by atoms with E-state index in [1.165, 1.54) is 29.5 Å². The maximum atomic E-state index is 11.0. The maximum absolute atomic E-state index is 11.0. The standard InChI is InChI=1S/C19H31NO/c1-5-19(6-2,20-11-7-8-12-20)18(21)14-17-13-15(3)9-10-16(17)4/h9-10,13,18,21H,5-8,11-12,14H2,1-4H3. The smallest absolute Gasteiger partial charge is 0.0763 e. The molecule has 1 N–H and O–H groups in total. The van der Waals surface area contributed by atoms with Gasteiger partial charge in [0.15, 0.2) is 0 Å². The number of hydrogen-bond acceptors (Lipinski definition) is 2. The SMILES string of the molecule is CCC(CC)(C(O)Cc1cc(C)ccc1C)N1CCCC1. The normalized spacial score (nSPS) is 18.1. The predicted octanol–water partition coefficient (Wildman–Crippen LogP) is 3.86. The van der Waals surface area contributed by atoms with Gasteiger partial charge in [0.1, 0.15) is 0 Å². The van der Waals surface area contributed by atoms with Gasteiger partial charge in [-0.2, -0.15) is 0 Å². The van der Waals surface area contributed by atoms with Gasteiger partial charge >= 0.3 is 0 Å². The molecule has 0 aliphatic carbocycles. The summed E-state index contributed by atoms with van der Waals surface area (Å²) in [5.74, 6) is 0. The number of benzene rings is 1. The number of aliphatic hydroxyl groups is 1. The van der Waals surface area contributed by atoms with Crippen LogP contribution in [0.3, 0.4) is 0 Å². The number of likely N-dealkylation sites (tertiary alicyclic amines) is 1. The third-order valence-corrected chi connectivity index (χ3v) is 5.50. The lowest BCUT2D eigenvalue weighted by atomic mass is 9.81. The van der Waals surface area contributed by atoms with E-state index in [2.05, 4.69) is 50.8 Å². The van der Waals surface area contributed by atoms with E-state index in [1.54, 1.807) is 0 Å². The Morgan fingerprint density at radius 1 is 1.14 bits per heavy atom. The first kappa shape index (κ1) is 16.5. The van der Waals surface area contributed by atoms with Gasteiger partial charge in [-0.25, -0.2) is 0 Å². The summed E-state index contributed by atoms with van der Waals surface area (Å²) in [6, 6.07) is 6.56. The van der Waals surface area contributed by atoms with Crippen LogP contribution in [0.1, 0.15) is 56.2 Å². The molecule has 1 aliphatic heterocycles. The van der Waals surface area contributed by atoms with E-state index in [1.807, 2.05) is 0 Å². The molecular formula is C19H31NO. The van der Waals surface area contributed by atoms with Gasteiger partial charge in [0, 0.05) is 12.0 Å². The van der Waals surface area contributed by atoms with Gasteiger partial charge in [0.2, 0.25) is 0 Å². The number of aryl methyl sites for hydroxylation is 2. The van der Waals surface area contributed by atoms with Crippen molar-refractivity contribution in [3.8, 4) is 0 Å². The highest BCUT2D eigenvalue weighted by molar-refractivity contribution is 5.31. The molecule has 2 rings (SSSR count). The number of hydrogen-bond donors (Lipinski definition) is 1. The van der Waals surface area contributed by atoms with E-state index in [0.29, 0.717) is 0 Å². The molecule has 1 fully saturated rings. The van der Waals surface area contributed by atoms with Gasteiger partial charge in [-0.3, -0.25) is 4.90 Å². The zero-order valence-electron chi connectivity index (χ0n) is 14.2. The second-order valence-electron chi connectivity index (χ2n) is 6.65. The van der Waals surface area contributed by atoms with Crippen molar-refractivity contribution in [3.05, 3.63) is 34.9 Å². The lowest BCUT2D eigenvalue weighted by Crippen LogP contribution is -2.55. The third kappa shape index (κ3) is 3.32. The lowest BCUT2D eigenvalue weighted by molar-refractivity contribution is -0.0270. The molecule has 1 atom stereocenters. The molecule has 21 heavy (non-hydrogen) atoms. The second kappa shape index (κ2) is 6.93. The Morgan fingerprint density at radius 3 is 2.33 bits per heavy atom. The zero-order valence-corrected chi connectivity index (χ0v) is 14.2. The topological polar surface area (TPSA) is 23.5 Å². The summed E-state index contributed by atoms with van der Waals surface area (Å²) in [5.41, 5.74) is 3.82. The predicted molar refractivity (Wildman–Crippen MR) is 89.7 cm³/mol. The Hall–Kier alpha value is -0.860. The highest BCUT2D eigenvalue weighted by Crippen LogP contribution is 2.33. The zero-order chi connectivity index (χ0) is 15.5. The summed E-state index contributed by atoms with van der Waals surface area (Å²) in [6.07, 6.45) is 5.08. The lowest BCUT2D eigenvalue weighted by Gasteiger charge is -2.44. The Bertz CT molecular complexity index is 459. The highest BCUT2D eigenvalue weighted by atomic mass is 16.3. The first-order valence-electron chi connectivity index (χ1n) is 8.52. The first-order valence-corrected chi connectivity index (χ1v) is 8.52. The van der Waals surface area contributed by atoms with Gasteiger partial charge in [0.25, 0.3) is 0 Å². The fourth-order valence-corrected chi connectivity index (χ4v) is 3.96. The minimum atomic E-state index is -0.286. The number of rotatable bonds is 6. The van der Waals surface area contributed by atoms with Crippen LogP contribution >= 0.6 is 0 Å². The van der Waals surface area contributed by atoms with Crippen LogP contribution in [0.15, 0.2) is 18.2 Å². The van der Waals surface area contributed by atoms with Crippen LogP contribution in [0.4, 0.5) is 0 Å². The van der Waals surface area contributed by atoms with Crippen molar-refractivity contribution in [2.45, 2.75) is 71.4 Å². The van der Waals surface area contributed by atoms with Crippen LogP contribution in [-0.4, -0.2) is 34.7 Å². The molecule has 0 spiro atoms. The van der Waals surface area contributed by atoms with Crippen LogP contribution < -0.4 is 0 Å². The molecule has 2 heteroatoms. The van der Waals surface area contributed by atoms with Crippen LogP contribution in [0, 0.1) is 13.8 Å². The van der Waals surface area contributed by atoms with Crippen molar-refractivity contribution in [1.29, 1.82) is 0 Å². The first-order chi connectivity index (χ1) is 10.0. The van der Waals surface area contributed by atoms with Crippen LogP contribution in [0.2, 0.25) is 0 Å². The summed E-state index contributed by atoms with van der Waals surface area (Å²) in [7, 11) is 0. The van der Waals surface area contributed by atoms with Crippen LogP contribution in [0.5, 0.6) is 0 Å². The van der Waals surface area contributed by atoms with E-state index in [-0.39, 0.29) is 11.6 Å². The number of aliphatic hydroxyl groups excluding tert-OH is 1. The van der Waals surface area contributed by atoms with Crippen molar-refractivity contribution < 1.29 is 5.11 Å². The largest absolute Gasteiger partial charge is 0.391 e. The molecule has 118 valence electrons. The van der Waals surface area contributed by atoms with Gasteiger partial charge in [-0.15, -0.1) is 0 Å². The average molecular weight is 289 g/mol. The Morgan fingerprint density at radius 2 is 1.76 bits per heavy atom. The molecule has 1 saturated heterocycles. The molecule has 1 heterocycles. The van der Waals surface area contributed by atoms with E-state index >= 15 is 0 Å². The summed E-state index contributed by atoms with van der Waals surface area (Å²) >= 11 is 0.